The van der Waals surface area contributed by atoms with Crippen LogP contribution in [0.2, 0.25) is 0 Å². The predicted octanol–water partition coefficient (Wildman–Crippen LogP) is 2.70. The number of hydrogen-bond acceptors (Lipinski definition) is 3. The van der Waals surface area contributed by atoms with E-state index in [-0.39, 0.29) is 5.60 Å². The van der Waals surface area contributed by atoms with Crippen molar-refractivity contribution in [2.24, 2.45) is 13.0 Å². The average Bonchev–Trinajstić information content (AvgIpc) is 2.84. The normalized spacial score (nSPS) is 28.5. The van der Waals surface area contributed by atoms with Gasteiger partial charge in [0.15, 0.2) is 0 Å². The summed E-state index contributed by atoms with van der Waals surface area (Å²) in [5.41, 5.74) is -0.327. The lowest BCUT2D eigenvalue weighted by molar-refractivity contribution is -0.146. The van der Waals surface area contributed by atoms with Gasteiger partial charge in [-0.25, -0.2) is 4.98 Å². The van der Waals surface area contributed by atoms with E-state index >= 15 is 0 Å². The number of aryl methyl sites for hydroxylation is 2. The molecule has 1 aliphatic carbocycles. The van der Waals surface area contributed by atoms with E-state index in [0.717, 1.165) is 50.3 Å². The van der Waals surface area contributed by atoms with E-state index in [0.29, 0.717) is 6.61 Å². The number of aromatic nitrogens is 2. The van der Waals surface area contributed by atoms with Crippen molar-refractivity contribution in [3.05, 3.63) is 18.2 Å². The minimum absolute atomic E-state index is 0.327. The average molecular weight is 280 g/mol. The van der Waals surface area contributed by atoms with Gasteiger partial charge in [-0.1, -0.05) is 6.92 Å². The van der Waals surface area contributed by atoms with Gasteiger partial charge < -0.3 is 14.4 Å². The number of nitrogens with zero attached hydrogens (tertiary/aromatic N) is 2. The molecule has 1 aromatic heterocycles. The fraction of sp³-hybridized carbons (Fsp3) is 0.812. The lowest BCUT2D eigenvalue weighted by Gasteiger charge is -2.42. The van der Waals surface area contributed by atoms with Crippen molar-refractivity contribution >= 4 is 0 Å². The number of imidazole rings is 1. The third-order valence-corrected chi connectivity index (χ3v) is 4.72. The third kappa shape index (κ3) is 3.41. The molecule has 0 spiro atoms. The molecule has 2 rings (SSSR count). The maximum Gasteiger partial charge on any atom is 0.108 e. The monoisotopic (exact) mass is 280 g/mol. The van der Waals surface area contributed by atoms with Crippen molar-refractivity contribution in [3.8, 4) is 0 Å². The van der Waals surface area contributed by atoms with Gasteiger partial charge in [0, 0.05) is 32.5 Å². The Bertz CT molecular complexity index is 408. The van der Waals surface area contributed by atoms with Crippen LogP contribution in [0.3, 0.4) is 0 Å². The van der Waals surface area contributed by atoms with Crippen LogP contribution in [-0.4, -0.2) is 33.0 Å². The highest BCUT2D eigenvalue weighted by Crippen LogP contribution is 2.38. The molecule has 1 saturated carbocycles. The summed E-state index contributed by atoms with van der Waals surface area (Å²) in [6.07, 6.45) is 9.14. The largest absolute Gasteiger partial charge is 0.390 e. The van der Waals surface area contributed by atoms with Crippen LogP contribution in [-0.2, 0) is 18.2 Å². The van der Waals surface area contributed by atoms with Crippen LogP contribution in [0.25, 0.3) is 0 Å². The molecule has 0 saturated heterocycles. The summed E-state index contributed by atoms with van der Waals surface area (Å²) in [6, 6.07) is 0. The van der Waals surface area contributed by atoms with E-state index in [1.165, 1.54) is 0 Å². The lowest BCUT2D eigenvalue weighted by atomic mass is 9.75. The summed E-state index contributed by atoms with van der Waals surface area (Å²) >= 11 is 0. The molecule has 0 aromatic carbocycles. The van der Waals surface area contributed by atoms with Crippen LogP contribution in [0.4, 0.5) is 0 Å². The van der Waals surface area contributed by atoms with Crippen LogP contribution in [0, 0.1) is 5.92 Å². The summed E-state index contributed by atoms with van der Waals surface area (Å²) in [7, 11) is 2.00. The van der Waals surface area contributed by atoms with E-state index in [1.807, 2.05) is 30.9 Å². The number of aliphatic hydroxyl groups excluding tert-OH is 1. The Balaban J connectivity index is 1.96. The first-order chi connectivity index (χ1) is 9.57. The number of aliphatic hydroxyl groups is 1. The highest BCUT2D eigenvalue weighted by Gasteiger charge is 2.41. The Hall–Kier alpha value is -0.870. The molecule has 1 aliphatic rings. The fourth-order valence-electron chi connectivity index (χ4n) is 3.28. The molecule has 0 aliphatic heterocycles. The zero-order chi connectivity index (χ0) is 14.6. The van der Waals surface area contributed by atoms with Gasteiger partial charge in [-0.3, -0.25) is 0 Å². The first kappa shape index (κ1) is 15.5. The Morgan fingerprint density at radius 2 is 2.20 bits per heavy atom. The fourth-order valence-corrected chi connectivity index (χ4v) is 3.28. The van der Waals surface area contributed by atoms with Gasteiger partial charge in [0.05, 0.1) is 11.7 Å². The Kier molecular flexibility index (Phi) is 5.22. The molecule has 1 fully saturated rings. The second-order valence-corrected chi connectivity index (χ2v) is 6.19. The van der Waals surface area contributed by atoms with Gasteiger partial charge in [-0.2, -0.15) is 0 Å². The predicted molar refractivity (Wildman–Crippen MR) is 79.5 cm³/mol. The highest BCUT2D eigenvalue weighted by molar-refractivity contribution is 4.96. The molecular formula is C16H28N2O2. The second-order valence-electron chi connectivity index (χ2n) is 6.19. The summed E-state index contributed by atoms with van der Waals surface area (Å²) in [6.45, 7) is 4.98. The number of rotatable bonds is 6. The summed E-state index contributed by atoms with van der Waals surface area (Å²) < 4.78 is 8.02. The minimum atomic E-state index is -0.397. The van der Waals surface area contributed by atoms with Crippen LogP contribution >= 0.6 is 0 Å². The quantitative estimate of drug-likeness (QED) is 0.871. The molecule has 4 heteroatoms. The molecule has 1 N–H and O–H groups in total. The van der Waals surface area contributed by atoms with Gasteiger partial charge in [0.2, 0.25) is 0 Å². The SMILES string of the molecule is CCOC1(C(O)CCc2nccn2C)CCC(C)CC1. The van der Waals surface area contributed by atoms with Crippen LogP contribution in [0.15, 0.2) is 12.4 Å². The van der Waals surface area contributed by atoms with Crippen molar-refractivity contribution in [2.45, 2.75) is 64.1 Å². The van der Waals surface area contributed by atoms with Crippen molar-refractivity contribution in [2.75, 3.05) is 6.61 Å². The summed E-state index contributed by atoms with van der Waals surface area (Å²) in [5, 5.41) is 10.7. The first-order valence-corrected chi connectivity index (χ1v) is 7.85. The third-order valence-electron chi connectivity index (χ3n) is 4.72. The second kappa shape index (κ2) is 6.72. The van der Waals surface area contributed by atoms with Gasteiger partial charge >= 0.3 is 0 Å². The van der Waals surface area contributed by atoms with Gasteiger partial charge in [0.1, 0.15) is 5.82 Å². The van der Waals surface area contributed by atoms with Crippen molar-refractivity contribution in [3.63, 3.8) is 0 Å². The molecule has 20 heavy (non-hydrogen) atoms. The summed E-state index contributed by atoms with van der Waals surface area (Å²) in [4.78, 5) is 4.32. The van der Waals surface area contributed by atoms with E-state index < -0.39 is 6.10 Å². The van der Waals surface area contributed by atoms with Gasteiger partial charge in [0.25, 0.3) is 0 Å². The van der Waals surface area contributed by atoms with Crippen LogP contribution in [0.1, 0.15) is 51.8 Å². The Morgan fingerprint density at radius 1 is 1.50 bits per heavy atom. The standard InChI is InChI=1S/C16H28N2O2/c1-4-20-16(9-7-13(2)8-10-16)14(19)5-6-15-17-11-12-18(15)3/h11-14,19H,4-10H2,1-3H3. The molecule has 1 unspecified atom stereocenters. The number of hydrogen-bond donors (Lipinski definition) is 1. The first-order valence-electron chi connectivity index (χ1n) is 7.85. The van der Waals surface area contributed by atoms with E-state index in [9.17, 15) is 5.11 Å². The van der Waals surface area contributed by atoms with E-state index in [1.54, 1.807) is 0 Å². The zero-order valence-electron chi connectivity index (χ0n) is 13.0. The minimum Gasteiger partial charge on any atom is -0.390 e. The highest BCUT2D eigenvalue weighted by atomic mass is 16.5. The van der Waals surface area contributed by atoms with Crippen molar-refractivity contribution in [1.82, 2.24) is 9.55 Å². The Morgan fingerprint density at radius 3 is 2.75 bits per heavy atom. The molecular weight excluding hydrogens is 252 g/mol. The topological polar surface area (TPSA) is 47.3 Å². The molecule has 0 amide bonds. The maximum absolute atomic E-state index is 10.7. The van der Waals surface area contributed by atoms with E-state index in [4.69, 9.17) is 4.74 Å². The van der Waals surface area contributed by atoms with E-state index in [2.05, 4.69) is 11.9 Å². The lowest BCUT2D eigenvalue weighted by Crippen LogP contribution is -2.47. The molecule has 1 aromatic rings. The van der Waals surface area contributed by atoms with Gasteiger partial charge in [-0.15, -0.1) is 0 Å². The van der Waals surface area contributed by atoms with Crippen molar-refractivity contribution < 1.29 is 9.84 Å². The molecule has 0 bridgehead atoms. The van der Waals surface area contributed by atoms with Crippen molar-refractivity contribution in [1.29, 1.82) is 0 Å². The Labute approximate surface area is 122 Å². The smallest absolute Gasteiger partial charge is 0.108 e. The summed E-state index contributed by atoms with van der Waals surface area (Å²) in [5.74, 6) is 1.78. The van der Waals surface area contributed by atoms with Gasteiger partial charge in [-0.05, 0) is 44.9 Å². The molecule has 0 radical (unpaired) electrons. The molecule has 4 nitrogen and oxygen atoms in total. The molecule has 114 valence electrons. The zero-order valence-corrected chi connectivity index (χ0v) is 13.0. The van der Waals surface area contributed by atoms with Crippen LogP contribution < -0.4 is 0 Å². The maximum atomic E-state index is 10.7. The number of ether oxygens (including phenoxy) is 1. The van der Waals surface area contributed by atoms with Crippen LogP contribution in [0.5, 0.6) is 0 Å². The molecule has 1 heterocycles. The molecule has 1 atom stereocenters.